The van der Waals surface area contributed by atoms with E-state index in [4.69, 9.17) is 4.99 Å². The molecule has 0 aromatic heterocycles. The van der Waals surface area contributed by atoms with Gasteiger partial charge < -0.3 is 0 Å². The predicted molar refractivity (Wildman–Crippen MR) is 363 cm³/mol. The SMILES string of the molecule is C/C=C\C.C=C/C(C(=C)/C=C\C)=C(/N=C(C)C(C)C)c1ccccc1.CC.CC.Cc1ccccc1-c1cc(-c2ccc3cc(-c4cc(-c5ccccc5C)c(Cc5ccccc5)c5ccccc45)ccc3c2)c2ccccc2c1C. The van der Waals surface area contributed by atoms with Gasteiger partial charge in [0.15, 0.2) is 0 Å². The average molecular weight is 1060 g/mol. The van der Waals surface area contributed by atoms with Gasteiger partial charge in [-0.3, -0.25) is 4.99 Å². The van der Waals surface area contributed by atoms with Gasteiger partial charge in [0.25, 0.3) is 0 Å². The Bertz CT molecular complexity index is 3830. The van der Waals surface area contributed by atoms with Crippen LogP contribution in [0.3, 0.4) is 0 Å². The Hall–Kier alpha value is -8.65. The average Bonchev–Trinajstić information content (AvgIpc) is 3.55. The first-order chi connectivity index (χ1) is 39.5. The lowest BCUT2D eigenvalue weighted by molar-refractivity contribution is 0.879. The zero-order valence-electron chi connectivity index (χ0n) is 50.7. The molecule has 81 heavy (non-hydrogen) atoms. The lowest BCUT2D eigenvalue weighted by Crippen LogP contribution is -2.03. The maximum Gasteiger partial charge on any atom is 0.0779 e. The van der Waals surface area contributed by atoms with Crippen LogP contribution in [-0.4, -0.2) is 5.71 Å². The van der Waals surface area contributed by atoms with Crippen molar-refractivity contribution in [3.63, 3.8) is 0 Å². The summed E-state index contributed by atoms with van der Waals surface area (Å²) in [4.78, 5) is 4.85. The number of hydrogen-bond acceptors (Lipinski definition) is 1. The van der Waals surface area contributed by atoms with Crippen LogP contribution in [0.5, 0.6) is 0 Å². The molecule has 0 aliphatic carbocycles. The molecule has 0 heterocycles. The molecule has 0 atom stereocenters. The number of hydrogen-bond donors (Lipinski definition) is 0. The van der Waals surface area contributed by atoms with E-state index in [1.165, 1.54) is 105 Å². The third-order valence-electron chi connectivity index (χ3n) is 14.7. The van der Waals surface area contributed by atoms with Crippen LogP contribution in [0.15, 0.2) is 266 Å². The highest BCUT2D eigenvalue weighted by Crippen LogP contribution is 2.43. The molecule has 0 aliphatic heterocycles. The summed E-state index contributed by atoms with van der Waals surface area (Å²) in [5.74, 6) is 0.407. The van der Waals surface area contributed by atoms with E-state index in [2.05, 4.69) is 243 Å². The second kappa shape index (κ2) is 30.6. The molecule has 410 valence electrons. The number of nitrogens with zero attached hydrogens (tertiary/aromatic N) is 1. The zero-order chi connectivity index (χ0) is 58.4. The fourth-order valence-electron chi connectivity index (χ4n) is 10.1. The summed E-state index contributed by atoms with van der Waals surface area (Å²) in [6, 6.07) is 75.3. The van der Waals surface area contributed by atoms with Crippen molar-refractivity contribution in [2.75, 3.05) is 0 Å². The van der Waals surface area contributed by atoms with Crippen LogP contribution in [0.1, 0.15) is 103 Å². The van der Waals surface area contributed by atoms with Gasteiger partial charge in [0.1, 0.15) is 0 Å². The minimum Gasteiger partial charge on any atom is -0.257 e. The van der Waals surface area contributed by atoms with Crippen molar-refractivity contribution < 1.29 is 0 Å². The fraction of sp³-hybridized carbons (Fsp3) is 0.188. The summed E-state index contributed by atoms with van der Waals surface area (Å²) < 4.78 is 0. The van der Waals surface area contributed by atoms with Crippen LogP contribution in [-0.2, 0) is 6.42 Å². The van der Waals surface area contributed by atoms with Crippen molar-refractivity contribution in [1.29, 1.82) is 0 Å². The maximum atomic E-state index is 4.85. The largest absolute Gasteiger partial charge is 0.257 e. The number of allylic oxidation sites excluding steroid dienone is 7. The highest BCUT2D eigenvalue weighted by Gasteiger charge is 2.19. The summed E-state index contributed by atoms with van der Waals surface area (Å²) in [6.45, 7) is 35.1. The molecule has 0 aliphatic rings. The van der Waals surface area contributed by atoms with Crippen molar-refractivity contribution in [3.05, 3.63) is 294 Å². The van der Waals surface area contributed by atoms with Gasteiger partial charge in [-0.05, 0) is 195 Å². The van der Waals surface area contributed by atoms with Gasteiger partial charge in [0.05, 0.1) is 5.70 Å². The topological polar surface area (TPSA) is 12.4 Å². The smallest absolute Gasteiger partial charge is 0.0779 e. The lowest BCUT2D eigenvalue weighted by Gasteiger charge is -2.19. The van der Waals surface area contributed by atoms with E-state index < -0.39 is 0 Å². The van der Waals surface area contributed by atoms with Crippen LogP contribution in [0, 0.1) is 26.7 Å². The van der Waals surface area contributed by atoms with E-state index >= 15 is 0 Å². The highest BCUT2D eigenvalue weighted by atomic mass is 14.8. The van der Waals surface area contributed by atoms with E-state index in [1.807, 2.05) is 97.0 Å². The molecular weight excluding hydrogens is 975 g/mol. The summed E-state index contributed by atoms with van der Waals surface area (Å²) in [7, 11) is 0. The molecule has 10 rings (SSSR count). The molecule has 10 aromatic rings. The second-order valence-corrected chi connectivity index (χ2v) is 20.1. The molecule has 0 unspecified atom stereocenters. The molecule has 0 bridgehead atoms. The van der Waals surface area contributed by atoms with Gasteiger partial charge in [-0.2, -0.15) is 0 Å². The van der Waals surface area contributed by atoms with Crippen molar-refractivity contribution in [2.24, 2.45) is 10.9 Å². The first kappa shape index (κ1) is 61.6. The predicted octanol–water partition coefficient (Wildman–Crippen LogP) is 23.8. The van der Waals surface area contributed by atoms with Crippen molar-refractivity contribution in [2.45, 2.75) is 96.4 Å². The molecule has 0 saturated carbocycles. The third kappa shape index (κ3) is 15.0. The number of aryl methyl sites for hydroxylation is 3. The fourth-order valence-corrected chi connectivity index (χ4v) is 10.1. The van der Waals surface area contributed by atoms with E-state index in [-0.39, 0.29) is 0 Å². The van der Waals surface area contributed by atoms with E-state index in [0.717, 1.165) is 34.5 Å². The lowest BCUT2D eigenvalue weighted by atomic mass is 9.84. The quantitative estimate of drug-likeness (QED) is 0.0657. The molecule has 0 fully saturated rings. The van der Waals surface area contributed by atoms with Crippen molar-refractivity contribution in [1.82, 2.24) is 0 Å². The van der Waals surface area contributed by atoms with Crippen LogP contribution in [0.25, 0.3) is 82.5 Å². The number of fused-ring (bicyclic) bond motifs is 3. The number of rotatable bonds is 12. The van der Waals surface area contributed by atoms with Crippen LogP contribution < -0.4 is 0 Å². The van der Waals surface area contributed by atoms with E-state index in [1.54, 1.807) is 0 Å². The minimum absolute atomic E-state index is 0.407. The molecule has 1 nitrogen and oxygen atoms in total. The standard InChI is InChI=1S/C52H40.C20H25N.C4H8.2C2H6/c1-34-15-7-9-19-42(34)48-32-49(45-22-12-11-21-44(45)36(48)3)40-27-25-39-31-41(28-26-38(39)30-40)50-33-52(43-20-10-8-16-35(43)2)51(29-37-17-5-4-6-18-37)47-24-14-13-23-46(47)50;1-7-12-16(5)19(8-2)20(21-17(6)15(3)4)18-13-10-9-11-14-18;1-3-4-2;2*1-2/h4-28,30-33H,29H2,1-3H3;7-15H,2,5H2,1,3-4,6H3;3-4H,1-2H3;2*1-2H3/b;12-7-,20-19-,21-17?;4-3-;;. The van der Waals surface area contributed by atoms with Crippen LogP contribution in [0.4, 0.5) is 0 Å². The first-order valence-electron chi connectivity index (χ1n) is 29.1. The molecule has 0 N–H and O–H groups in total. The molecular formula is C80H85N. The highest BCUT2D eigenvalue weighted by molar-refractivity contribution is 6.07. The van der Waals surface area contributed by atoms with E-state index in [0.29, 0.717) is 5.92 Å². The summed E-state index contributed by atoms with van der Waals surface area (Å²) in [5.41, 5.74) is 21.8. The summed E-state index contributed by atoms with van der Waals surface area (Å²) >= 11 is 0. The molecule has 0 saturated heterocycles. The van der Waals surface area contributed by atoms with Gasteiger partial charge in [-0.25, -0.2) is 0 Å². The van der Waals surface area contributed by atoms with Crippen molar-refractivity contribution >= 4 is 43.7 Å². The Kier molecular flexibility index (Phi) is 23.3. The summed E-state index contributed by atoms with van der Waals surface area (Å²) in [6.07, 6.45) is 10.7. The summed E-state index contributed by atoms with van der Waals surface area (Å²) in [5, 5.41) is 7.68. The Morgan fingerprint density at radius 2 is 0.914 bits per heavy atom. The Labute approximate surface area is 487 Å². The Morgan fingerprint density at radius 3 is 1.41 bits per heavy atom. The molecule has 0 radical (unpaired) electrons. The van der Waals surface area contributed by atoms with Crippen molar-refractivity contribution in [3.8, 4) is 44.5 Å². The van der Waals surface area contributed by atoms with Gasteiger partial charge in [-0.15, -0.1) is 0 Å². The molecule has 0 spiro atoms. The van der Waals surface area contributed by atoms with Gasteiger partial charge in [-0.1, -0.05) is 267 Å². The minimum atomic E-state index is 0.407. The monoisotopic (exact) mass is 1060 g/mol. The third-order valence-corrected chi connectivity index (χ3v) is 14.7. The van der Waals surface area contributed by atoms with E-state index in [9.17, 15) is 0 Å². The van der Waals surface area contributed by atoms with Gasteiger partial charge in [0.2, 0.25) is 0 Å². The number of benzene rings is 10. The van der Waals surface area contributed by atoms with Crippen LogP contribution in [0.2, 0.25) is 0 Å². The second-order valence-electron chi connectivity index (χ2n) is 20.1. The number of aliphatic imine (C=N–C) groups is 1. The zero-order valence-corrected chi connectivity index (χ0v) is 50.7. The Balaban J connectivity index is 0.000000305. The molecule has 0 amide bonds. The van der Waals surface area contributed by atoms with Crippen LogP contribution >= 0.6 is 0 Å². The molecule has 1 heteroatoms. The maximum absolute atomic E-state index is 4.85. The Morgan fingerprint density at radius 1 is 0.469 bits per heavy atom. The first-order valence-corrected chi connectivity index (χ1v) is 29.1. The molecule has 10 aromatic carbocycles. The normalized spacial score (nSPS) is 11.5. The van der Waals surface area contributed by atoms with Gasteiger partial charge in [0, 0.05) is 16.8 Å². The van der Waals surface area contributed by atoms with Gasteiger partial charge >= 0.3 is 0 Å².